The van der Waals surface area contributed by atoms with Crippen LogP contribution in [0.15, 0.2) is 30.3 Å². The Hall–Kier alpha value is -1.59. The highest BCUT2D eigenvalue weighted by Gasteiger charge is 2.20. The summed E-state index contributed by atoms with van der Waals surface area (Å²) in [4.78, 5) is 23.5. The Morgan fingerprint density at radius 2 is 2.05 bits per heavy atom. The van der Waals surface area contributed by atoms with E-state index in [1.54, 1.807) is 0 Å². The molecule has 0 radical (unpaired) electrons. The first-order chi connectivity index (χ1) is 10.1. The van der Waals surface area contributed by atoms with Crippen molar-refractivity contribution in [3.05, 3.63) is 35.9 Å². The van der Waals surface area contributed by atoms with Crippen molar-refractivity contribution in [1.82, 2.24) is 16.0 Å². The molecule has 1 fully saturated rings. The maximum Gasteiger partial charge on any atom is 0.222 e. The zero-order chi connectivity index (χ0) is 15.1. The van der Waals surface area contributed by atoms with E-state index in [0.717, 1.165) is 31.5 Å². The molecule has 0 saturated carbocycles. The number of hydrogen-bond donors (Lipinski definition) is 3. The number of hydrogen-bond acceptors (Lipinski definition) is 3. The largest absolute Gasteiger partial charge is 0.352 e. The zero-order valence-electron chi connectivity index (χ0n) is 12.8. The second kappa shape index (κ2) is 9.43. The molecule has 5 nitrogen and oxygen atoms in total. The molecule has 0 aromatic heterocycles. The van der Waals surface area contributed by atoms with Gasteiger partial charge in [-0.15, -0.1) is 12.4 Å². The summed E-state index contributed by atoms with van der Waals surface area (Å²) < 4.78 is 0. The molecule has 2 atom stereocenters. The van der Waals surface area contributed by atoms with E-state index in [4.69, 9.17) is 0 Å². The zero-order valence-corrected chi connectivity index (χ0v) is 13.6. The molecule has 6 heteroatoms. The second-order valence-corrected chi connectivity index (χ2v) is 5.48. The molecule has 1 heterocycles. The number of piperidine rings is 1. The molecule has 1 aliphatic heterocycles. The number of carbonyl (C=O) groups excluding carboxylic acids is 2. The van der Waals surface area contributed by atoms with Crippen LogP contribution in [0.4, 0.5) is 0 Å². The van der Waals surface area contributed by atoms with E-state index < -0.39 is 0 Å². The molecule has 122 valence electrons. The number of halogens is 1. The standard InChI is InChI=1S/C16H23N3O2.ClH/c1-12(20)18-15(13-6-3-2-4-7-13)10-16(21)19-14-8-5-9-17-11-14;/h2-4,6-7,14-15,17H,5,8-11H2,1H3,(H,18,20)(H,19,21);1H/t14-,15?;/m0./s1. The number of rotatable bonds is 5. The van der Waals surface area contributed by atoms with Gasteiger partial charge in [0, 0.05) is 19.5 Å². The lowest BCUT2D eigenvalue weighted by molar-refractivity contribution is -0.123. The van der Waals surface area contributed by atoms with Crippen LogP contribution in [0.5, 0.6) is 0 Å². The lowest BCUT2D eigenvalue weighted by Gasteiger charge is -2.25. The van der Waals surface area contributed by atoms with E-state index in [-0.39, 0.29) is 42.7 Å². The van der Waals surface area contributed by atoms with E-state index in [1.807, 2.05) is 30.3 Å². The van der Waals surface area contributed by atoms with Gasteiger partial charge in [-0.3, -0.25) is 9.59 Å². The topological polar surface area (TPSA) is 70.2 Å². The monoisotopic (exact) mass is 325 g/mol. The second-order valence-electron chi connectivity index (χ2n) is 5.48. The molecule has 1 aromatic rings. The van der Waals surface area contributed by atoms with Crippen LogP contribution < -0.4 is 16.0 Å². The molecule has 2 amide bonds. The van der Waals surface area contributed by atoms with Gasteiger partial charge in [-0.05, 0) is 24.9 Å². The van der Waals surface area contributed by atoms with Gasteiger partial charge in [0.25, 0.3) is 0 Å². The maximum absolute atomic E-state index is 12.2. The van der Waals surface area contributed by atoms with Crippen LogP contribution in [-0.4, -0.2) is 30.9 Å². The summed E-state index contributed by atoms with van der Waals surface area (Å²) in [6.07, 6.45) is 2.35. The summed E-state index contributed by atoms with van der Waals surface area (Å²) in [5.74, 6) is -0.151. The molecule has 22 heavy (non-hydrogen) atoms. The highest BCUT2D eigenvalue weighted by atomic mass is 35.5. The number of benzene rings is 1. The van der Waals surface area contributed by atoms with Gasteiger partial charge in [-0.2, -0.15) is 0 Å². The maximum atomic E-state index is 12.2. The van der Waals surface area contributed by atoms with Crippen LogP contribution in [0, 0.1) is 0 Å². The number of carbonyl (C=O) groups is 2. The van der Waals surface area contributed by atoms with Crippen LogP contribution in [-0.2, 0) is 9.59 Å². The van der Waals surface area contributed by atoms with Gasteiger partial charge in [0.1, 0.15) is 0 Å². The highest BCUT2D eigenvalue weighted by Crippen LogP contribution is 2.16. The number of nitrogens with one attached hydrogen (secondary N) is 3. The third-order valence-corrected chi connectivity index (χ3v) is 3.63. The Morgan fingerprint density at radius 1 is 1.32 bits per heavy atom. The minimum Gasteiger partial charge on any atom is -0.352 e. The van der Waals surface area contributed by atoms with E-state index in [1.165, 1.54) is 6.92 Å². The van der Waals surface area contributed by atoms with Gasteiger partial charge in [-0.1, -0.05) is 30.3 Å². The first-order valence-corrected chi connectivity index (χ1v) is 7.47. The minimum atomic E-state index is -0.278. The Labute approximate surface area is 137 Å². The quantitative estimate of drug-likeness (QED) is 0.769. The molecule has 0 spiro atoms. The van der Waals surface area contributed by atoms with E-state index in [9.17, 15) is 9.59 Å². The Balaban J connectivity index is 0.00000242. The van der Waals surface area contributed by atoms with Crippen molar-refractivity contribution in [2.75, 3.05) is 13.1 Å². The molecule has 0 bridgehead atoms. The molecule has 1 aromatic carbocycles. The van der Waals surface area contributed by atoms with Crippen molar-refractivity contribution in [2.45, 2.75) is 38.3 Å². The van der Waals surface area contributed by atoms with Gasteiger partial charge in [0.2, 0.25) is 11.8 Å². The molecule has 0 aliphatic carbocycles. The fourth-order valence-electron chi connectivity index (χ4n) is 2.63. The third kappa shape index (κ3) is 6.03. The summed E-state index contributed by atoms with van der Waals surface area (Å²) >= 11 is 0. The SMILES string of the molecule is CC(=O)NC(CC(=O)N[C@H]1CCCNC1)c1ccccc1.Cl. The van der Waals surface area contributed by atoms with Gasteiger partial charge in [0.05, 0.1) is 12.5 Å². The van der Waals surface area contributed by atoms with E-state index in [2.05, 4.69) is 16.0 Å². The van der Waals surface area contributed by atoms with Crippen molar-refractivity contribution in [2.24, 2.45) is 0 Å². The molecule has 3 N–H and O–H groups in total. The molecular formula is C16H24ClN3O2. The van der Waals surface area contributed by atoms with Gasteiger partial charge in [-0.25, -0.2) is 0 Å². The molecule has 1 unspecified atom stereocenters. The van der Waals surface area contributed by atoms with Crippen LogP contribution >= 0.6 is 12.4 Å². The smallest absolute Gasteiger partial charge is 0.222 e. The lowest BCUT2D eigenvalue weighted by Crippen LogP contribution is -2.46. The fourth-order valence-corrected chi connectivity index (χ4v) is 2.63. The van der Waals surface area contributed by atoms with E-state index in [0.29, 0.717) is 0 Å². The summed E-state index contributed by atoms with van der Waals surface area (Å²) in [6.45, 7) is 3.31. The fraction of sp³-hybridized carbons (Fsp3) is 0.500. The van der Waals surface area contributed by atoms with Crippen molar-refractivity contribution < 1.29 is 9.59 Å². The highest BCUT2D eigenvalue weighted by molar-refractivity contribution is 5.85. The predicted molar refractivity (Wildman–Crippen MR) is 88.9 cm³/mol. The molecule has 1 aliphatic rings. The summed E-state index contributed by atoms with van der Waals surface area (Å²) in [7, 11) is 0. The summed E-state index contributed by atoms with van der Waals surface area (Å²) in [6, 6.07) is 9.51. The normalized spacial score (nSPS) is 18.7. The minimum absolute atomic E-state index is 0. The first-order valence-electron chi connectivity index (χ1n) is 7.47. The summed E-state index contributed by atoms with van der Waals surface area (Å²) in [5.41, 5.74) is 0.949. The van der Waals surface area contributed by atoms with Gasteiger partial charge >= 0.3 is 0 Å². The third-order valence-electron chi connectivity index (χ3n) is 3.63. The Morgan fingerprint density at radius 3 is 2.64 bits per heavy atom. The molecular weight excluding hydrogens is 302 g/mol. The van der Waals surface area contributed by atoms with Crippen LogP contribution in [0.25, 0.3) is 0 Å². The van der Waals surface area contributed by atoms with Crippen molar-refractivity contribution in [1.29, 1.82) is 0 Å². The van der Waals surface area contributed by atoms with Gasteiger partial charge < -0.3 is 16.0 Å². The predicted octanol–water partition coefficient (Wildman–Crippen LogP) is 1.54. The first kappa shape index (κ1) is 18.5. The molecule has 2 rings (SSSR count). The van der Waals surface area contributed by atoms with Crippen molar-refractivity contribution in [3.8, 4) is 0 Å². The van der Waals surface area contributed by atoms with Crippen LogP contribution in [0.1, 0.15) is 37.8 Å². The van der Waals surface area contributed by atoms with Crippen molar-refractivity contribution in [3.63, 3.8) is 0 Å². The van der Waals surface area contributed by atoms with E-state index >= 15 is 0 Å². The average Bonchev–Trinajstić information content (AvgIpc) is 2.48. The Bertz CT molecular complexity index is 476. The number of amides is 2. The van der Waals surface area contributed by atoms with Crippen LogP contribution in [0.2, 0.25) is 0 Å². The Kier molecular flexibility index (Phi) is 7.91. The average molecular weight is 326 g/mol. The molecule has 1 saturated heterocycles. The summed E-state index contributed by atoms with van der Waals surface area (Å²) in [5, 5.41) is 9.16. The van der Waals surface area contributed by atoms with Crippen molar-refractivity contribution >= 4 is 24.2 Å². The van der Waals surface area contributed by atoms with Gasteiger partial charge in [0.15, 0.2) is 0 Å². The van der Waals surface area contributed by atoms with Crippen LogP contribution in [0.3, 0.4) is 0 Å². The lowest BCUT2D eigenvalue weighted by atomic mass is 10.0.